The van der Waals surface area contributed by atoms with Crippen molar-refractivity contribution in [2.75, 3.05) is 13.1 Å². The van der Waals surface area contributed by atoms with Gasteiger partial charge in [0.2, 0.25) is 0 Å². The molecule has 1 saturated heterocycles. The van der Waals surface area contributed by atoms with Gasteiger partial charge >= 0.3 is 0 Å². The third-order valence-corrected chi connectivity index (χ3v) is 3.80. The highest BCUT2D eigenvalue weighted by molar-refractivity contribution is 4.67. The molecule has 0 unspecified atom stereocenters. The van der Waals surface area contributed by atoms with E-state index in [1.807, 2.05) is 0 Å². The molecule has 1 heterocycles. The first-order valence-corrected chi connectivity index (χ1v) is 8.74. The molecule has 1 saturated carbocycles. The minimum atomic E-state index is 0.833. The van der Waals surface area contributed by atoms with E-state index >= 15 is 0 Å². The van der Waals surface area contributed by atoms with E-state index in [4.69, 9.17) is 0 Å². The highest BCUT2D eigenvalue weighted by atomic mass is 14.9. The van der Waals surface area contributed by atoms with E-state index in [2.05, 4.69) is 39.9 Å². The van der Waals surface area contributed by atoms with Crippen LogP contribution in [-0.4, -0.2) is 13.1 Å². The van der Waals surface area contributed by atoms with E-state index in [-0.39, 0.29) is 0 Å². The average Bonchev–Trinajstić information content (AvgIpc) is 2.42. The van der Waals surface area contributed by atoms with Crippen molar-refractivity contribution in [3.8, 4) is 0 Å². The van der Waals surface area contributed by atoms with Gasteiger partial charge in [-0.05, 0) is 43.7 Å². The lowest BCUT2D eigenvalue weighted by atomic mass is 9.82. The molecular formula is C18H39N. The highest BCUT2D eigenvalue weighted by Gasteiger charge is 2.15. The van der Waals surface area contributed by atoms with Crippen LogP contribution in [0.25, 0.3) is 0 Å². The lowest BCUT2D eigenvalue weighted by Crippen LogP contribution is -2.21. The first-order valence-electron chi connectivity index (χ1n) is 8.74. The maximum atomic E-state index is 3.28. The molecule has 0 aromatic rings. The van der Waals surface area contributed by atoms with E-state index < -0.39 is 0 Å². The molecule has 0 amide bonds. The minimum absolute atomic E-state index is 0.833. The summed E-state index contributed by atoms with van der Waals surface area (Å²) in [5.41, 5.74) is 0. The molecular weight excluding hydrogens is 230 g/mol. The summed E-state index contributed by atoms with van der Waals surface area (Å²) in [6, 6.07) is 0. The number of hydrogen-bond acceptors (Lipinski definition) is 1. The molecule has 2 rings (SSSR count). The maximum Gasteiger partial charge on any atom is -0.00489 e. The topological polar surface area (TPSA) is 12.0 Å². The van der Waals surface area contributed by atoms with E-state index in [0.717, 1.165) is 17.8 Å². The third kappa shape index (κ3) is 14.2. The summed E-state index contributed by atoms with van der Waals surface area (Å²) in [6.07, 6.45) is 11.7. The Hall–Kier alpha value is -0.0400. The zero-order chi connectivity index (χ0) is 14.5. The summed E-state index contributed by atoms with van der Waals surface area (Å²) in [6.45, 7) is 13.7. The monoisotopic (exact) mass is 269 g/mol. The van der Waals surface area contributed by atoms with Gasteiger partial charge in [-0.1, -0.05) is 73.1 Å². The lowest BCUT2D eigenvalue weighted by molar-refractivity contribution is 0.279. The van der Waals surface area contributed by atoms with Gasteiger partial charge in [0, 0.05) is 0 Å². The van der Waals surface area contributed by atoms with Gasteiger partial charge in [0.05, 0.1) is 0 Å². The Morgan fingerprint density at radius 2 is 1.11 bits per heavy atom. The van der Waals surface area contributed by atoms with Crippen molar-refractivity contribution in [1.82, 2.24) is 5.32 Å². The van der Waals surface area contributed by atoms with E-state index in [9.17, 15) is 0 Å². The van der Waals surface area contributed by atoms with Crippen LogP contribution in [-0.2, 0) is 0 Å². The number of rotatable bonds is 1. The van der Waals surface area contributed by atoms with Crippen LogP contribution in [0.4, 0.5) is 0 Å². The van der Waals surface area contributed by atoms with Crippen LogP contribution in [0, 0.1) is 17.8 Å². The first kappa shape index (κ1) is 19.0. The molecule has 0 spiro atoms. The third-order valence-electron chi connectivity index (χ3n) is 3.80. The fourth-order valence-electron chi connectivity index (χ4n) is 2.60. The Morgan fingerprint density at radius 1 is 0.684 bits per heavy atom. The van der Waals surface area contributed by atoms with Gasteiger partial charge in [-0.3, -0.25) is 0 Å². The van der Waals surface area contributed by atoms with Gasteiger partial charge < -0.3 is 5.32 Å². The first-order chi connectivity index (χ1) is 9.04. The van der Waals surface area contributed by atoms with E-state index in [1.165, 1.54) is 64.5 Å². The predicted molar refractivity (Wildman–Crippen MR) is 88.6 cm³/mol. The second kappa shape index (κ2) is 13.0. The zero-order valence-corrected chi connectivity index (χ0v) is 14.3. The van der Waals surface area contributed by atoms with Gasteiger partial charge in [-0.2, -0.15) is 0 Å². The number of piperidine rings is 1. The summed E-state index contributed by atoms with van der Waals surface area (Å²) >= 11 is 0. The molecule has 0 bridgehead atoms. The van der Waals surface area contributed by atoms with Gasteiger partial charge in [0.15, 0.2) is 0 Å². The van der Waals surface area contributed by atoms with Gasteiger partial charge in [-0.15, -0.1) is 0 Å². The molecule has 19 heavy (non-hydrogen) atoms. The minimum Gasteiger partial charge on any atom is -0.317 e. The Bertz CT molecular complexity index is 150. The van der Waals surface area contributed by atoms with Crippen LogP contribution < -0.4 is 5.32 Å². The van der Waals surface area contributed by atoms with Crippen molar-refractivity contribution in [2.24, 2.45) is 17.8 Å². The maximum absolute atomic E-state index is 3.28. The molecule has 0 radical (unpaired) electrons. The highest BCUT2D eigenvalue weighted by Crippen LogP contribution is 2.29. The average molecular weight is 270 g/mol. The van der Waals surface area contributed by atoms with Crippen LogP contribution in [0.1, 0.15) is 86.0 Å². The number of hydrogen-bond donors (Lipinski definition) is 1. The van der Waals surface area contributed by atoms with E-state index in [1.54, 1.807) is 0 Å². The van der Waals surface area contributed by atoms with Crippen molar-refractivity contribution in [3.63, 3.8) is 0 Å². The second-order valence-electron chi connectivity index (χ2n) is 7.18. The molecule has 116 valence electrons. The van der Waals surface area contributed by atoms with E-state index in [0.29, 0.717) is 0 Å². The largest absolute Gasteiger partial charge is 0.317 e. The standard InChI is InChI=1S/C9H18.C5H11N.C4H10/c1-8(2)9-6-4-3-5-7-9;1-2-4-6-5-3-1;1-4(2)3/h8-9H,3-7H2,1-2H3;6H,1-5H2;4H,1-3H3. The fourth-order valence-corrected chi connectivity index (χ4v) is 2.60. The van der Waals surface area contributed by atoms with Gasteiger partial charge in [0.1, 0.15) is 0 Å². The van der Waals surface area contributed by atoms with Crippen LogP contribution in [0.3, 0.4) is 0 Å². The van der Waals surface area contributed by atoms with Crippen molar-refractivity contribution in [1.29, 1.82) is 0 Å². The number of nitrogens with one attached hydrogen (secondary N) is 1. The molecule has 1 aliphatic carbocycles. The molecule has 2 fully saturated rings. The summed E-state index contributed by atoms with van der Waals surface area (Å²) in [5.74, 6) is 2.82. The Labute approximate surface area is 122 Å². The fraction of sp³-hybridized carbons (Fsp3) is 1.00. The van der Waals surface area contributed by atoms with Crippen LogP contribution in [0.15, 0.2) is 0 Å². The quantitative estimate of drug-likeness (QED) is 0.649. The molecule has 1 nitrogen and oxygen atoms in total. The molecule has 0 aromatic heterocycles. The summed E-state index contributed by atoms with van der Waals surface area (Å²) in [4.78, 5) is 0. The SMILES string of the molecule is C1CCNCC1.CC(C)C.CC(C)C1CCCCC1. The smallest absolute Gasteiger partial charge is 0.00489 e. The van der Waals surface area contributed by atoms with Crippen molar-refractivity contribution >= 4 is 0 Å². The normalized spacial score (nSPS) is 20.4. The van der Waals surface area contributed by atoms with Crippen molar-refractivity contribution in [3.05, 3.63) is 0 Å². The van der Waals surface area contributed by atoms with Crippen molar-refractivity contribution < 1.29 is 0 Å². The summed E-state index contributed by atoms with van der Waals surface area (Å²) < 4.78 is 0. The predicted octanol–water partition coefficient (Wildman–Crippen LogP) is 5.64. The summed E-state index contributed by atoms with van der Waals surface area (Å²) in [7, 11) is 0. The van der Waals surface area contributed by atoms with Crippen molar-refractivity contribution in [2.45, 2.75) is 86.0 Å². The zero-order valence-electron chi connectivity index (χ0n) is 14.3. The molecule has 1 N–H and O–H groups in total. The Kier molecular flexibility index (Phi) is 12.9. The molecule has 0 atom stereocenters. The summed E-state index contributed by atoms with van der Waals surface area (Å²) in [5, 5.41) is 3.28. The molecule has 1 heteroatoms. The Balaban J connectivity index is 0.000000281. The second-order valence-corrected chi connectivity index (χ2v) is 7.18. The lowest BCUT2D eigenvalue weighted by Gasteiger charge is -2.24. The molecule has 2 aliphatic rings. The van der Waals surface area contributed by atoms with Crippen LogP contribution >= 0.6 is 0 Å². The van der Waals surface area contributed by atoms with Gasteiger partial charge in [0.25, 0.3) is 0 Å². The van der Waals surface area contributed by atoms with Crippen LogP contribution in [0.5, 0.6) is 0 Å². The van der Waals surface area contributed by atoms with Gasteiger partial charge in [-0.25, -0.2) is 0 Å². The van der Waals surface area contributed by atoms with Crippen LogP contribution in [0.2, 0.25) is 0 Å². The molecule has 1 aliphatic heterocycles. The molecule has 0 aromatic carbocycles. The Morgan fingerprint density at radius 3 is 1.32 bits per heavy atom.